The van der Waals surface area contributed by atoms with Crippen LogP contribution in [0.5, 0.6) is 11.6 Å². The number of hydrogen-bond donors (Lipinski definition) is 3. The lowest BCUT2D eigenvalue weighted by Gasteiger charge is -2.32. The van der Waals surface area contributed by atoms with Crippen LogP contribution in [-0.4, -0.2) is 67.6 Å². The van der Waals surface area contributed by atoms with Gasteiger partial charge in [-0.05, 0) is 42.5 Å². The quantitative estimate of drug-likeness (QED) is 0.165. The van der Waals surface area contributed by atoms with Gasteiger partial charge in [0.05, 0.1) is 30.0 Å². The summed E-state index contributed by atoms with van der Waals surface area (Å²) in [5.74, 6) is 1.60. The van der Waals surface area contributed by atoms with Gasteiger partial charge in [0.25, 0.3) is 0 Å². The summed E-state index contributed by atoms with van der Waals surface area (Å²) in [4.78, 5) is 30.5. The topological polar surface area (TPSA) is 105 Å². The van der Waals surface area contributed by atoms with Gasteiger partial charge in [-0.3, -0.25) is 14.5 Å². The van der Waals surface area contributed by atoms with Crippen molar-refractivity contribution in [2.24, 2.45) is 0 Å². The Hall–Kier alpha value is -4.15. The summed E-state index contributed by atoms with van der Waals surface area (Å²) in [7, 11) is 3.32. The van der Waals surface area contributed by atoms with Crippen LogP contribution in [0, 0.1) is 0 Å². The summed E-state index contributed by atoms with van der Waals surface area (Å²) >= 11 is 14.4. The van der Waals surface area contributed by atoms with E-state index < -0.39 is 0 Å². The molecule has 3 aliphatic rings. The van der Waals surface area contributed by atoms with Crippen LogP contribution < -0.4 is 25.4 Å². The molecule has 2 atom stereocenters. The van der Waals surface area contributed by atoms with Gasteiger partial charge in [-0.1, -0.05) is 71.7 Å². The molecule has 2 amide bonds. The Labute approximate surface area is 302 Å². The number of rotatable bonds is 11. The fraction of sp³-hybridized carbons (Fsp3) is 0.359. The van der Waals surface area contributed by atoms with Gasteiger partial charge in [-0.2, -0.15) is 0 Å². The van der Waals surface area contributed by atoms with E-state index in [9.17, 15) is 9.59 Å². The van der Waals surface area contributed by atoms with Gasteiger partial charge in [-0.25, -0.2) is 4.98 Å². The number of hydrogen-bond acceptors (Lipinski definition) is 7. The second-order valence-corrected chi connectivity index (χ2v) is 14.0. The summed E-state index contributed by atoms with van der Waals surface area (Å²) in [6.45, 7) is 3.78. The number of halogens is 2. The van der Waals surface area contributed by atoms with Crippen LogP contribution in [0.15, 0.2) is 60.7 Å². The molecule has 1 aromatic heterocycles. The van der Waals surface area contributed by atoms with Crippen LogP contribution in [0.2, 0.25) is 10.0 Å². The van der Waals surface area contributed by atoms with Crippen molar-refractivity contribution in [3.8, 4) is 45.1 Å². The minimum absolute atomic E-state index is 0.104. The molecule has 3 N–H and O–H groups in total. The fourth-order valence-corrected chi connectivity index (χ4v) is 8.01. The van der Waals surface area contributed by atoms with Crippen molar-refractivity contribution < 1.29 is 19.1 Å². The summed E-state index contributed by atoms with van der Waals surface area (Å²) in [6, 6.07) is 20.5. The molecular formula is C39H41Cl2N5O4. The van der Waals surface area contributed by atoms with E-state index >= 15 is 0 Å². The highest BCUT2D eigenvalue weighted by atomic mass is 35.5. The zero-order valence-corrected chi connectivity index (χ0v) is 29.8. The van der Waals surface area contributed by atoms with E-state index in [2.05, 4.69) is 33.0 Å². The lowest BCUT2D eigenvalue weighted by Crippen LogP contribution is -2.41. The summed E-state index contributed by atoms with van der Waals surface area (Å²) < 4.78 is 11.6. The van der Waals surface area contributed by atoms with Crippen molar-refractivity contribution in [1.29, 1.82) is 0 Å². The average molecular weight is 715 g/mol. The zero-order chi connectivity index (χ0) is 34.8. The molecule has 2 fully saturated rings. The van der Waals surface area contributed by atoms with Crippen LogP contribution in [-0.2, 0) is 29.1 Å². The zero-order valence-electron chi connectivity index (χ0n) is 28.3. The molecule has 9 nitrogen and oxygen atoms in total. The van der Waals surface area contributed by atoms with E-state index in [0.717, 1.165) is 78.0 Å². The number of nitrogens with one attached hydrogen (secondary N) is 3. The van der Waals surface area contributed by atoms with E-state index in [1.807, 2.05) is 48.5 Å². The standard InChI is InChI=1S/C39H41Cl2N5O4/c1-49-34-18-25(17-23-15-16-46(22-32(23)34)21-27-11-14-36(48)44-27)28-5-3-6-29(37(28)40)30-7-4-8-31(38(30)41)33-12-9-24(39(45-33)50-2)19-42-20-26-10-13-35(47)43-26/h3-9,12,17-18,26-27,42H,10-11,13-16,19-22H2,1-2H3,(H,43,47)(H,44,48)/t26-,27?/m0/s1. The first-order chi connectivity index (χ1) is 24.3. The highest BCUT2D eigenvalue weighted by molar-refractivity contribution is 6.39. The average Bonchev–Trinajstić information content (AvgIpc) is 3.74. The third-order valence-electron chi connectivity index (χ3n) is 9.96. The highest BCUT2D eigenvalue weighted by Gasteiger charge is 2.27. The number of fused-ring (bicyclic) bond motifs is 1. The first-order valence-corrected chi connectivity index (χ1v) is 17.9. The van der Waals surface area contributed by atoms with Crippen LogP contribution >= 0.6 is 23.2 Å². The molecule has 2 saturated heterocycles. The Kier molecular flexibility index (Phi) is 10.3. The van der Waals surface area contributed by atoms with Crippen molar-refractivity contribution in [3.63, 3.8) is 0 Å². The largest absolute Gasteiger partial charge is 0.496 e. The van der Waals surface area contributed by atoms with Gasteiger partial charge in [-0.15, -0.1) is 0 Å². The van der Waals surface area contributed by atoms with E-state index in [0.29, 0.717) is 47.6 Å². The van der Waals surface area contributed by atoms with E-state index in [4.69, 9.17) is 37.7 Å². The molecule has 0 spiro atoms. The van der Waals surface area contributed by atoms with Crippen molar-refractivity contribution in [2.45, 2.75) is 57.3 Å². The number of benzene rings is 3. The second-order valence-electron chi connectivity index (χ2n) is 13.2. The number of amides is 2. The van der Waals surface area contributed by atoms with Crippen molar-refractivity contribution in [1.82, 2.24) is 25.8 Å². The molecule has 4 aromatic rings. The first kappa shape index (κ1) is 34.3. The van der Waals surface area contributed by atoms with E-state index in [1.54, 1.807) is 14.2 Å². The number of nitrogens with zero attached hydrogens (tertiary/aromatic N) is 2. The van der Waals surface area contributed by atoms with Crippen molar-refractivity contribution in [2.75, 3.05) is 33.9 Å². The van der Waals surface area contributed by atoms with Crippen molar-refractivity contribution >= 4 is 35.0 Å². The fourth-order valence-electron chi connectivity index (χ4n) is 7.35. The summed E-state index contributed by atoms with van der Waals surface area (Å²) in [6.07, 6.45) is 3.80. The van der Waals surface area contributed by atoms with Crippen LogP contribution in [0.1, 0.15) is 42.4 Å². The molecule has 0 aliphatic carbocycles. The third-order valence-corrected chi connectivity index (χ3v) is 10.8. The molecule has 260 valence electrons. The SMILES string of the molecule is COc1cc(-c2cccc(-c3cccc(-c4ccc(CNC[C@@H]5CCC(=O)N5)c(OC)n4)c3Cl)c2Cl)cc2c1CN(CC1CCC(=O)N1)CC2. The minimum Gasteiger partial charge on any atom is -0.496 e. The van der Waals surface area contributed by atoms with Gasteiger partial charge in [0.15, 0.2) is 0 Å². The number of ether oxygens (including phenoxy) is 2. The lowest BCUT2D eigenvalue weighted by molar-refractivity contribution is -0.120. The second kappa shape index (κ2) is 15.0. The van der Waals surface area contributed by atoms with Gasteiger partial charge in [0.1, 0.15) is 5.75 Å². The predicted octanol–water partition coefficient (Wildman–Crippen LogP) is 6.41. The van der Waals surface area contributed by atoms with Crippen molar-refractivity contribution in [3.05, 3.63) is 87.4 Å². The van der Waals surface area contributed by atoms with Gasteiger partial charge >= 0.3 is 0 Å². The molecule has 1 unspecified atom stereocenters. The predicted molar refractivity (Wildman–Crippen MR) is 197 cm³/mol. The van der Waals surface area contributed by atoms with Gasteiger partial charge < -0.3 is 25.4 Å². The maximum absolute atomic E-state index is 11.7. The normalized spacial score (nSPS) is 18.9. The summed E-state index contributed by atoms with van der Waals surface area (Å²) in [5, 5.41) is 10.6. The number of aromatic nitrogens is 1. The molecular weight excluding hydrogens is 673 g/mol. The molecule has 0 bridgehead atoms. The summed E-state index contributed by atoms with van der Waals surface area (Å²) in [5.41, 5.74) is 8.33. The number of carbonyl (C=O) groups is 2. The minimum atomic E-state index is 0.104. The number of pyridine rings is 1. The Morgan fingerprint density at radius 2 is 1.52 bits per heavy atom. The number of methoxy groups -OCH3 is 2. The van der Waals surface area contributed by atoms with Gasteiger partial charge in [0.2, 0.25) is 17.7 Å². The smallest absolute Gasteiger partial charge is 0.220 e. The molecule has 50 heavy (non-hydrogen) atoms. The Balaban J connectivity index is 1.13. The molecule has 3 aliphatic heterocycles. The molecule has 7 rings (SSSR count). The monoisotopic (exact) mass is 713 g/mol. The molecule has 3 aromatic carbocycles. The van der Waals surface area contributed by atoms with E-state index in [1.165, 1.54) is 11.1 Å². The molecule has 0 radical (unpaired) electrons. The highest BCUT2D eigenvalue weighted by Crippen LogP contribution is 2.44. The molecule has 11 heteroatoms. The Bertz CT molecular complexity index is 1920. The van der Waals surface area contributed by atoms with Crippen LogP contribution in [0.3, 0.4) is 0 Å². The Morgan fingerprint density at radius 3 is 2.20 bits per heavy atom. The van der Waals surface area contributed by atoms with Crippen LogP contribution in [0.4, 0.5) is 0 Å². The molecule has 0 saturated carbocycles. The van der Waals surface area contributed by atoms with Crippen LogP contribution in [0.25, 0.3) is 33.5 Å². The third kappa shape index (κ3) is 7.19. The molecule has 4 heterocycles. The van der Waals surface area contributed by atoms with E-state index in [-0.39, 0.29) is 23.9 Å². The van der Waals surface area contributed by atoms with Gasteiger partial charge in [0, 0.05) is 91.0 Å². The first-order valence-electron chi connectivity index (χ1n) is 17.1. The Morgan fingerprint density at radius 1 is 0.840 bits per heavy atom. The maximum Gasteiger partial charge on any atom is 0.220 e. The maximum atomic E-state index is 11.7. The lowest BCUT2D eigenvalue weighted by atomic mass is 9.91. The number of carbonyl (C=O) groups excluding carboxylic acids is 2.